The first kappa shape index (κ1) is 21.6. The Bertz CT molecular complexity index is 1110. The molecule has 7 heteroatoms. The molecule has 3 atom stereocenters. The zero-order valence-electron chi connectivity index (χ0n) is 17.8. The van der Waals surface area contributed by atoms with Crippen molar-refractivity contribution < 1.29 is 9.53 Å². The minimum Gasteiger partial charge on any atom is -0.376 e. The van der Waals surface area contributed by atoms with E-state index >= 15 is 0 Å². The molecule has 2 aromatic carbocycles. The molecule has 0 unspecified atom stereocenters. The molecule has 4 rings (SSSR count). The number of benzene rings is 2. The summed E-state index contributed by atoms with van der Waals surface area (Å²) in [5.41, 5.74) is 1.60. The normalized spacial score (nSPS) is 18.1. The van der Waals surface area contributed by atoms with Crippen molar-refractivity contribution in [3.05, 3.63) is 70.5 Å². The van der Waals surface area contributed by atoms with Crippen LogP contribution in [0.25, 0.3) is 10.9 Å². The second-order valence-electron chi connectivity index (χ2n) is 7.86. The van der Waals surface area contributed by atoms with E-state index in [4.69, 9.17) is 9.72 Å². The number of aromatic nitrogens is 2. The van der Waals surface area contributed by atoms with Gasteiger partial charge in [0.15, 0.2) is 5.16 Å². The SMILES string of the molecule is C[C@H](Sc1nc2ccccc2c(=O)n1C[C@@H]1CCCO1)C(=O)N[C@@H](C)c1ccccc1. The van der Waals surface area contributed by atoms with Crippen molar-refractivity contribution >= 4 is 28.6 Å². The van der Waals surface area contributed by atoms with Crippen LogP contribution in [-0.2, 0) is 16.1 Å². The van der Waals surface area contributed by atoms with Gasteiger partial charge in [-0.25, -0.2) is 4.98 Å². The van der Waals surface area contributed by atoms with Crippen LogP contribution in [0.15, 0.2) is 64.5 Å². The van der Waals surface area contributed by atoms with Crippen LogP contribution in [0.1, 0.15) is 38.3 Å². The third-order valence-electron chi connectivity index (χ3n) is 5.55. The minimum absolute atomic E-state index is 0.00208. The van der Waals surface area contributed by atoms with Crippen LogP contribution in [0.5, 0.6) is 0 Å². The molecule has 0 spiro atoms. The van der Waals surface area contributed by atoms with Crippen molar-refractivity contribution in [2.45, 2.75) is 55.8 Å². The Hall–Kier alpha value is -2.64. The van der Waals surface area contributed by atoms with Gasteiger partial charge in [0, 0.05) is 6.61 Å². The van der Waals surface area contributed by atoms with E-state index < -0.39 is 5.25 Å². The van der Waals surface area contributed by atoms with E-state index in [1.54, 1.807) is 10.6 Å². The van der Waals surface area contributed by atoms with Gasteiger partial charge in [-0.05, 0) is 44.4 Å². The smallest absolute Gasteiger partial charge is 0.262 e. The zero-order valence-corrected chi connectivity index (χ0v) is 18.6. The van der Waals surface area contributed by atoms with Gasteiger partial charge in [0.05, 0.1) is 34.8 Å². The average Bonchev–Trinajstić information content (AvgIpc) is 3.30. The maximum atomic E-state index is 13.2. The predicted molar refractivity (Wildman–Crippen MR) is 123 cm³/mol. The lowest BCUT2D eigenvalue weighted by atomic mass is 10.1. The molecule has 162 valence electrons. The lowest BCUT2D eigenvalue weighted by Gasteiger charge is -2.20. The molecule has 0 bridgehead atoms. The molecule has 6 nitrogen and oxygen atoms in total. The molecule has 1 fully saturated rings. The summed E-state index contributed by atoms with van der Waals surface area (Å²) in [5.74, 6) is -0.0903. The fourth-order valence-electron chi connectivity index (χ4n) is 3.76. The maximum absolute atomic E-state index is 13.2. The monoisotopic (exact) mass is 437 g/mol. The Morgan fingerprint density at radius 3 is 2.68 bits per heavy atom. The molecule has 2 heterocycles. The van der Waals surface area contributed by atoms with Crippen molar-refractivity contribution in [3.63, 3.8) is 0 Å². The average molecular weight is 438 g/mol. The van der Waals surface area contributed by atoms with Crippen molar-refractivity contribution in [1.82, 2.24) is 14.9 Å². The van der Waals surface area contributed by atoms with E-state index in [9.17, 15) is 9.59 Å². The van der Waals surface area contributed by atoms with E-state index in [-0.39, 0.29) is 23.6 Å². The highest BCUT2D eigenvalue weighted by Gasteiger charge is 2.24. The number of hydrogen-bond donors (Lipinski definition) is 1. The number of carbonyl (C=O) groups is 1. The lowest BCUT2D eigenvalue weighted by Crippen LogP contribution is -2.34. The topological polar surface area (TPSA) is 73.2 Å². The molecular formula is C24H27N3O3S. The number of rotatable bonds is 7. The summed E-state index contributed by atoms with van der Waals surface area (Å²) in [5, 5.41) is 3.79. The van der Waals surface area contributed by atoms with Gasteiger partial charge in [-0.2, -0.15) is 0 Å². The Morgan fingerprint density at radius 2 is 1.94 bits per heavy atom. The molecule has 1 N–H and O–H groups in total. The van der Waals surface area contributed by atoms with Crippen LogP contribution in [0.2, 0.25) is 0 Å². The fourth-order valence-corrected chi connectivity index (χ4v) is 4.69. The first-order valence-electron chi connectivity index (χ1n) is 10.7. The fraction of sp³-hybridized carbons (Fsp3) is 0.375. The van der Waals surface area contributed by atoms with E-state index in [1.807, 2.05) is 62.4 Å². The van der Waals surface area contributed by atoms with Crippen LogP contribution >= 0.6 is 11.8 Å². The summed E-state index contributed by atoms with van der Waals surface area (Å²) in [6.45, 7) is 4.98. The van der Waals surface area contributed by atoms with Gasteiger partial charge in [-0.15, -0.1) is 0 Å². The van der Waals surface area contributed by atoms with Crippen molar-refractivity contribution in [2.75, 3.05) is 6.61 Å². The maximum Gasteiger partial charge on any atom is 0.262 e. The number of fused-ring (bicyclic) bond motifs is 1. The molecule has 0 aliphatic carbocycles. The Kier molecular flexibility index (Phi) is 6.73. The number of ether oxygens (including phenoxy) is 1. The number of para-hydroxylation sites is 1. The van der Waals surface area contributed by atoms with Crippen LogP contribution < -0.4 is 10.9 Å². The molecule has 1 aliphatic heterocycles. The van der Waals surface area contributed by atoms with Crippen molar-refractivity contribution in [1.29, 1.82) is 0 Å². The summed E-state index contributed by atoms with van der Waals surface area (Å²) in [6.07, 6.45) is 1.93. The molecule has 1 amide bonds. The summed E-state index contributed by atoms with van der Waals surface area (Å²) in [6, 6.07) is 17.1. The Labute approximate surface area is 186 Å². The van der Waals surface area contributed by atoms with Gasteiger partial charge in [0.1, 0.15) is 0 Å². The van der Waals surface area contributed by atoms with Gasteiger partial charge in [0.25, 0.3) is 5.56 Å². The molecule has 1 saturated heterocycles. The Morgan fingerprint density at radius 1 is 1.19 bits per heavy atom. The zero-order chi connectivity index (χ0) is 21.8. The van der Waals surface area contributed by atoms with Crippen molar-refractivity contribution in [3.8, 4) is 0 Å². The lowest BCUT2D eigenvalue weighted by molar-refractivity contribution is -0.120. The highest BCUT2D eigenvalue weighted by Crippen LogP contribution is 2.25. The molecule has 31 heavy (non-hydrogen) atoms. The molecule has 3 aromatic rings. The van der Waals surface area contributed by atoms with E-state index in [0.29, 0.717) is 22.6 Å². The van der Waals surface area contributed by atoms with Gasteiger partial charge in [-0.3, -0.25) is 14.2 Å². The van der Waals surface area contributed by atoms with E-state index in [1.165, 1.54) is 11.8 Å². The van der Waals surface area contributed by atoms with Crippen molar-refractivity contribution in [2.24, 2.45) is 0 Å². The highest BCUT2D eigenvalue weighted by atomic mass is 32.2. The summed E-state index contributed by atoms with van der Waals surface area (Å²) < 4.78 is 7.43. The van der Waals surface area contributed by atoms with E-state index in [2.05, 4.69) is 5.32 Å². The minimum atomic E-state index is -0.407. The Balaban J connectivity index is 1.57. The number of thioether (sulfide) groups is 1. The quantitative estimate of drug-likeness (QED) is 0.448. The molecule has 0 saturated carbocycles. The summed E-state index contributed by atoms with van der Waals surface area (Å²) >= 11 is 1.31. The first-order valence-corrected chi connectivity index (χ1v) is 11.5. The number of hydrogen-bond acceptors (Lipinski definition) is 5. The largest absolute Gasteiger partial charge is 0.376 e. The van der Waals surface area contributed by atoms with Gasteiger partial charge >= 0.3 is 0 Å². The standard InChI is InChI=1S/C24H27N3O3S/c1-16(18-9-4-3-5-10-18)25-22(28)17(2)31-24-26-21-13-7-6-12-20(21)23(29)27(24)15-19-11-8-14-30-19/h3-7,9-10,12-13,16-17,19H,8,11,14-15H2,1-2H3,(H,25,28)/t16-,17-,19-/m0/s1. The van der Waals surface area contributed by atoms with Crippen LogP contribution in [-0.4, -0.2) is 33.4 Å². The first-order chi connectivity index (χ1) is 15.0. The number of carbonyl (C=O) groups excluding carboxylic acids is 1. The predicted octanol–water partition coefficient (Wildman–Crippen LogP) is 3.93. The highest BCUT2D eigenvalue weighted by molar-refractivity contribution is 8.00. The third kappa shape index (κ3) is 4.99. The van der Waals surface area contributed by atoms with E-state index in [0.717, 1.165) is 25.0 Å². The van der Waals surface area contributed by atoms with Crippen LogP contribution in [0.3, 0.4) is 0 Å². The molecular weight excluding hydrogens is 410 g/mol. The summed E-state index contributed by atoms with van der Waals surface area (Å²) in [7, 11) is 0. The second kappa shape index (κ2) is 9.66. The van der Waals surface area contributed by atoms with Gasteiger partial charge < -0.3 is 10.1 Å². The number of nitrogens with one attached hydrogen (secondary N) is 1. The molecule has 1 aliphatic rings. The molecule has 0 radical (unpaired) electrons. The van der Waals surface area contributed by atoms with Crippen LogP contribution in [0.4, 0.5) is 0 Å². The van der Waals surface area contributed by atoms with Crippen LogP contribution in [0, 0.1) is 0 Å². The number of amides is 1. The second-order valence-corrected chi connectivity index (χ2v) is 9.17. The van der Waals surface area contributed by atoms with Gasteiger partial charge in [-0.1, -0.05) is 54.2 Å². The van der Waals surface area contributed by atoms with Gasteiger partial charge in [0.2, 0.25) is 5.91 Å². The third-order valence-corrected chi connectivity index (χ3v) is 6.64. The molecule has 1 aromatic heterocycles. The number of nitrogens with zero attached hydrogens (tertiary/aromatic N) is 2. The summed E-state index contributed by atoms with van der Waals surface area (Å²) in [4.78, 5) is 30.8.